The highest BCUT2D eigenvalue weighted by molar-refractivity contribution is 5.64. The molecule has 0 aromatic heterocycles. The van der Waals surface area contributed by atoms with Crippen molar-refractivity contribution in [2.75, 3.05) is 11.9 Å². The number of rotatable bonds is 4. The molecule has 0 fully saturated rings. The zero-order chi connectivity index (χ0) is 13.8. The van der Waals surface area contributed by atoms with Crippen LogP contribution in [0.1, 0.15) is 16.7 Å². The van der Waals surface area contributed by atoms with Gasteiger partial charge in [0.2, 0.25) is 0 Å². The SMILES string of the molecule is Cc1ccc(C)c(Nc2ccc(CCN)cc2F)c1. The van der Waals surface area contributed by atoms with Crippen molar-refractivity contribution in [3.63, 3.8) is 0 Å². The van der Waals surface area contributed by atoms with Gasteiger partial charge in [-0.05, 0) is 61.7 Å². The Hall–Kier alpha value is -1.87. The number of nitrogens with one attached hydrogen (secondary N) is 1. The molecule has 0 unspecified atom stereocenters. The van der Waals surface area contributed by atoms with Gasteiger partial charge in [0.15, 0.2) is 0 Å². The lowest BCUT2D eigenvalue weighted by atomic mass is 10.1. The molecule has 0 atom stereocenters. The molecule has 0 saturated carbocycles. The Balaban J connectivity index is 2.25. The average molecular weight is 258 g/mol. The van der Waals surface area contributed by atoms with Gasteiger partial charge in [-0.3, -0.25) is 0 Å². The number of aryl methyl sites for hydroxylation is 2. The molecule has 2 nitrogen and oxygen atoms in total. The average Bonchev–Trinajstić information content (AvgIpc) is 2.37. The third-order valence-corrected chi connectivity index (χ3v) is 3.13. The minimum absolute atomic E-state index is 0.244. The van der Waals surface area contributed by atoms with Crippen molar-refractivity contribution in [1.82, 2.24) is 0 Å². The van der Waals surface area contributed by atoms with Gasteiger partial charge in [-0.2, -0.15) is 0 Å². The fourth-order valence-corrected chi connectivity index (χ4v) is 2.00. The van der Waals surface area contributed by atoms with E-state index in [4.69, 9.17) is 5.73 Å². The van der Waals surface area contributed by atoms with Gasteiger partial charge in [0.25, 0.3) is 0 Å². The number of halogens is 1. The van der Waals surface area contributed by atoms with Crippen LogP contribution in [-0.4, -0.2) is 6.54 Å². The highest BCUT2D eigenvalue weighted by Crippen LogP contribution is 2.24. The van der Waals surface area contributed by atoms with Gasteiger partial charge >= 0.3 is 0 Å². The molecular weight excluding hydrogens is 239 g/mol. The second kappa shape index (κ2) is 5.85. The van der Waals surface area contributed by atoms with Crippen LogP contribution in [0.25, 0.3) is 0 Å². The summed E-state index contributed by atoms with van der Waals surface area (Å²) in [5.74, 6) is -0.244. The van der Waals surface area contributed by atoms with Crippen molar-refractivity contribution < 1.29 is 4.39 Å². The fourth-order valence-electron chi connectivity index (χ4n) is 2.00. The van der Waals surface area contributed by atoms with Gasteiger partial charge < -0.3 is 11.1 Å². The first-order valence-corrected chi connectivity index (χ1v) is 6.43. The van der Waals surface area contributed by atoms with E-state index < -0.39 is 0 Å². The number of benzene rings is 2. The van der Waals surface area contributed by atoms with Gasteiger partial charge in [0, 0.05) is 5.69 Å². The van der Waals surface area contributed by atoms with Crippen LogP contribution in [0.5, 0.6) is 0 Å². The van der Waals surface area contributed by atoms with Crippen molar-refractivity contribution in [2.45, 2.75) is 20.3 Å². The van der Waals surface area contributed by atoms with E-state index >= 15 is 0 Å². The molecule has 0 amide bonds. The monoisotopic (exact) mass is 258 g/mol. The molecule has 0 aliphatic carbocycles. The van der Waals surface area contributed by atoms with Gasteiger partial charge in [-0.1, -0.05) is 18.2 Å². The zero-order valence-corrected chi connectivity index (χ0v) is 11.3. The van der Waals surface area contributed by atoms with Gasteiger partial charge in [0.05, 0.1) is 5.69 Å². The number of nitrogens with two attached hydrogens (primary N) is 1. The van der Waals surface area contributed by atoms with Crippen molar-refractivity contribution in [2.24, 2.45) is 5.73 Å². The lowest BCUT2D eigenvalue weighted by molar-refractivity contribution is 0.629. The standard InChI is InChI=1S/C16H19FN2/c1-11-3-4-12(2)16(9-11)19-15-6-5-13(7-8-18)10-14(15)17/h3-6,9-10,19H,7-8,18H2,1-2H3. The highest BCUT2D eigenvalue weighted by Gasteiger charge is 2.05. The van der Waals surface area contributed by atoms with Crippen molar-refractivity contribution >= 4 is 11.4 Å². The third-order valence-electron chi connectivity index (χ3n) is 3.13. The Morgan fingerprint density at radius 1 is 1.05 bits per heavy atom. The molecule has 3 heteroatoms. The molecule has 0 radical (unpaired) electrons. The predicted molar refractivity (Wildman–Crippen MR) is 78.4 cm³/mol. The molecule has 0 aliphatic heterocycles. The molecule has 0 bridgehead atoms. The minimum atomic E-state index is -0.244. The smallest absolute Gasteiger partial charge is 0.146 e. The Labute approximate surface area is 113 Å². The van der Waals surface area contributed by atoms with Crippen LogP contribution in [0.2, 0.25) is 0 Å². The summed E-state index contributed by atoms with van der Waals surface area (Å²) in [4.78, 5) is 0. The quantitative estimate of drug-likeness (QED) is 0.877. The van der Waals surface area contributed by atoms with Gasteiger partial charge in [0.1, 0.15) is 5.82 Å². The van der Waals surface area contributed by atoms with E-state index in [0.717, 1.165) is 22.4 Å². The van der Waals surface area contributed by atoms with Crippen molar-refractivity contribution in [3.05, 3.63) is 58.9 Å². The maximum atomic E-state index is 14.0. The van der Waals surface area contributed by atoms with E-state index in [1.54, 1.807) is 12.1 Å². The van der Waals surface area contributed by atoms with Crippen LogP contribution < -0.4 is 11.1 Å². The zero-order valence-electron chi connectivity index (χ0n) is 11.3. The minimum Gasteiger partial charge on any atom is -0.353 e. The molecule has 0 heterocycles. The molecule has 0 spiro atoms. The number of anilines is 2. The summed E-state index contributed by atoms with van der Waals surface area (Å²) in [5, 5.41) is 3.14. The first-order valence-electron chi connectivity index (χ1n) is 6.43. The summed E-state index contributed by atoms with van der Waals surface area (Å²) in [5.41, 5.74) is 10.1. The van der Waals surface area contributed by atoms with E-state index in [-0.39, 0.29) is 5.82 Å². The molecule has 100 valence electrons. The normalized spacial score (nSPS) is 10.5. The largest absolute Gasteiger partial charge is 0.353 e. The van der Waals surface area contributed by atoms with Crippen LogP contribution in [-0.2, 0) is 6.42 Å². The molecular formula is C16H19FN2. The molecule has 2 aromatic rings. The topological polar surface area (TPSA) is 38.0 Å². The van der Waals surface area contributed by atoms with E-state index in [9.17, 15) is 4.39 Å². The molecule has 2 aromatic carbocycles. The lowest BCUT2D eigenvalue weighted by Crippen LogP contribution is -2.03. The van der Waals surface area contributed by atoms with Crippen LogP contribution in [0, 0.1) is 19.7 Å². The van der Waals surface area contributed by atoms with E-state index in [1.165, 1.54) is 0 Å². The molecule has 3 N–H and O–H groups in total. The summed E-state index contributed by atoms with van der Waals surface area (Å²) in [6.07, 6.45) is 0.695. The molecule has 2 rings (SSSR count). The molecule has 0 aliphatic rings. The Bertz CT molecular complexity index is 579. The molecule has 0 saturated heterocycles. The summed E-state index contributed by atoms with van der Waals surface area (Å²) >= 11 is 0. The van der Waals surface area contributed by atoms with Crippen LogP contribution in [0.15, 0.2) is 36.4 Å². The second-order valence-electron chi connectivity index (χ2n) is 4.80. The Kier molecular flexibility index (Phi) is 4.17. The first-order chi connectivity index (χ1) is 9.10. The maximum Gasteiger partial charge on any atom is 0.146 e. The summed E-state index contributed by atoms with van der Waals surface area (Å²) in [6, 6.07) is 11.3. The van der Waals surface area contributed by atoms with Crippen molar-refractivity contribution in [3.8, 4) is 0 Å². The van der Waals surface area contributed by atoms with Gasteiger partial charge in [-0.15, -0.1) is 0 Å². The maximum absolute atomic E-state index is 14.0. The van der Waals surface area contributed by atoms with E-state index in [2.05, 4.69) is 5.32 Å². The predicted octanol–water partition coefficient (Wildman–Crippen LogP) is 3.69. The van der Waals surface area contributed by atoms with E-state index in [1.807, 2.05) is 38.1 Å². The molecule has 19 heavy (non-hydrogen) atoms. The first kappa shape index (κ1) is 13.6. The van der Waals surface area contributed by atoms with Crippen LogP contribution in [0.3, 0.4) is 0 Å². The van der Waals surface area contributed by atoms with Crippen LogP contribution in [0.4, 0.5) is 15.8 Å². The Morgan fingerprint density at radius 3 is 2.53 bits per heavy atom. The summed E-state index contributed by atoms with van der Waals surface area (Å²) < 4.78 is 14.0. The van der Waals surface area contributed by atoms with Crippen LogP contribution >= 0.6 is 0 Å². The van der Waals surface area contributed by atoms with Gasteiger partial charge in [-0.25, -0.2) is 4.39 Å². The highest BCUT2D eigenvalue weighted by atomic mass is 19.1. The number of hydrogen-bond acceptors (Lipinski definition) is 2. The summed E-state index contributed by atoms with van der Waals surface area (Å²) in [6.45, 7) is 4.55. The second-order valence-corrected chi connectivity index (χ2v) is 4.80. The number of hydrogen-bond donors (Lipinski definition) is 2. The lowest BCUT2D eigenvalue weighted by Gasteiger charge is -2.12. The third kappa shape index (κ3) is 3.32. The Morgan fingerprint density at radius 2 is 1.84 bits per heavy atom. The van der Waals surface area contributed by atoms with Crippen molar-refractivity contribution in [1.29, 1.82) is 0 Å². The summed E-state index contributed by atoms with van der Waals surface area (Å²) in [7, 11) is 0. The fraction of sp³-hybridized carbons (Fsp3) is 0.250. The van der Waals surface area contributed by atoms with E-state index in [0.29, 0.717) is 18.7 Å².